The molecule has 0 heterocycles. The van der Waals surface area contributed by atoms with E-state index in [-0.39, 0.29) is 5.91 Å². The molecule has 14 heavy (non-hydrogen) atoms. The van der Waals surface area contributed by atoms with Crippen molar-refractivity contribution in [2.24, 2.45) is 0 Å². The summed E-state index contributed by atoms with van der Waals surface area (Å²) in [6, 6.07) is 7.83. The van der Waals surface area contributed by atoms with Gasteiger partial charge in [-0.25, -0.2) is 0 Å². The van der Waals surface area contributed by atoms with Crippen molar-refractivity contribution >= 4 is 5.91 Å². The number of amides is 1. The molecular formula is C11H15NO2. The number of aryl methyl sites for hydroxylation is 1. The minimum atomic E-state index is -0.0298. The van der Waals surface area contributed by atoms with Crippen molar-refractivity contribution in [2.45, 2.75) is 13.8 Å². The van der Waals surface area contributed by atoms with Crippen molar-refractivity contribution in [1.29, 1.82) is 0 Å². The fourth-order valence-electron chi connectivity index (χ4n) is 1.10. The van der Waals surface area contributed by atoms with Gasteiger partial charge >= 0.3 is 0 Å². The number of carbonyl (C=O) groups excluding carboxylic acids is 1. The molecule has 0 saturated carbocycles. The van der Waals surface area contributed by atoms with Crippen LogP contribution in [0.3, 0.4) is 0 Å². The molecule has 0 aliphatic carbocycles. The van der Waals surface area contributed by atoms with E-state index < -0.39 is 0 Å². The van der Waals surface area contributed by atoms with E-state index in [1.807, 2.05) is 31.2 Å². The zero-order valence-electron chi connectivity index (χ0n) is 8.54. The fraction of sp³-hybridized carbons (Fsp3) is 0.364. The summed E-state index contributed by atoms with van der Waals surface area (Å²) < 4.78 is 5.42. The second-order valence-electron chi connectivity index (χ2n) is 3.15. The van der Waals surface area contributed by atoms with E-state index in [4.69, 9.17) is 4.74 Å². The van der Waals surface area contributed by atoms with Crippen LogP contribution in [0.25, 0.3) is 0 Å². The van der Waals surface area contributed by atoms with Gasteiger partial charge in [0.1, 0.15) is 12.4 Å². The Kier molecular flexibility index (Phi) is 3.98. The van der Waals surface area contributed by atoms with Gasteiger partial charge < -0.3 is 10.1 Å². The molecule has 1 amide bonds. The van der Waals surface area contributed by atoms with Crippen LogP contribution >= 0.6 is 0 Å². The highest BCUT2D eigenvalue weighted by molar-refractivity contribution is 5.72. The molecule has 0 saturated heterocycles. The van der Waals surface area contributed by atoms with Gasteiger partial charge in [0, 0.05) is 6.92 Å². The Hall–Kier alpha value is -1.51. The molecule has 0 radical (unpaired) electrons. The molecule has 3 nitrogen and oxygen atoms in total. The molecule has 1 rings (SSSR count). The van der Waals surface area contributed by atoms with E-state index in [0.717, 1.165) is 5.75 Å². The minimum Gasteiger partial charge on any atom is -0.492 e. The van der Waals surface area contributed by atoms with Gasteiger partial charge in [0.05, 0.1) is 6.54 Å². The van der Waals surface area contributed by atoms with Crippen LogP contribution in [0, 0.1) is 6.92 Å². The monoisotopic (exact) mass is 193 g/mol. The summed E-state index contributed by atoms with van der Waals surface area (Å²) in [5.41, 5.74) is 1.17. The fourth-order valence-corrected chi connectivity index (χ4v) is 1.10. The minimum absolute atomic E-state index is 0.0298. The van der Waals surface area contributed by atoms with Gasteiger partial charge in [0.2, 0.25) is 5.91 Å². The Labute approximate surface area is 84.1 Å². The Balaban J connectivity index is 2.28. The molecule has 0 aliphatic heterocycles. The van der Waals surface area contributed by atoms with E-state index in [1.165, 1.54) is 12.5 Å². The number of nitrogens with one attached hydrogen (secondary N) is 1. The Morgan fingerprint density at radius 3 is 2.93 bits per heavy atom. The van der Waals surface area contributed by atoms with Crippen molar-refractivity contribution in [3.8, 4) is 5.75 Å². The van der Waals surface area contributed by atoms with E-state index in [9.17, 15) is 4.79 Å². The van der Waals surface area contributed by atoms with Crippen LogP contribution in [-0.2, 0) is 4.79 Å². The third-order valence-electron chi connectivity index (χ3n) is 1.73. The smallest absolute Gasteiger partial charge is 0.216 e. The van der Waals surface area contributed by atoms with Gasteiger partial charge in [-0.1, -0.05) is 12.1 Å². The quantitative estimate of drug-likeness (QED) is 0.736. The lowest BCUT2D eigenvalue weighted by Crippen LogP contribution is -2.25. The average Bonchev–Trinajstić information content (AvgIpc) is 2.12. The van der Waals surface area contributed by atoms with Crippen LogP contribution in [0.1, 0.15) is 12.5 Å². The number of hydrogen-bond donors (Lipinski definition) is 1. The maximum absolute atomic E-state index is 10.5. The molecule has 1 aromatic carbocycles. The zero-order valence-corrected chi connectivity index (χ0v) is 8.54. The lowest BCUT2D eigenvalue weighted by atomic mass is 10.2. The summed E-state index contributed by atoms with van der Waals surface area (Å²) in [4.78, 5) is 10.5. The van der Waals surface area contributed by atoms with Crippen LogP contribution in [0.4, 0.5) is 0 Å². The Morgan fingerprint density at radius 2 is 2.29 bits per heavy atom. The highest BCUT2D eigenvalue weighted by Crippen LogP contribution is 2.11. The molecule has 0 aromatic heterocycles. The maximum Gasteiger partial charge on any atom is 0.216 e. The second-order valence-corrected chi connectivity index (χ2v) is 3.15. The molecule has 0 spiro atoms. The van der Waals surface area contributed by atoms with Crippen LogP contribution < -0.4 is 10.1 Å². The van der Waals surface area contributed by atoms with Crippen LogP contribution in [-0.4, -0.2) is 19.1 Å². The Bertz CT molecular complexity index is 310. The molecule has 0 aliphatic rings. The molecule has 76 valence electrons. The van der Waals surface area contributed by atoms with Crippen molar-refractivity contribution in [3.63, 3.8) is 0 Å². The predicted molar refractivity (Wildman–Crippen MR) is 55.4 cm³/mol. The van der Waals surface area contributed by atoms with E-state index in [1.54, 1.807) is 0 Å². The van der Waals surface area contributed by atoms with E-state index in [0.29, 0.717) is 13.2 Å². The SMILES string of the molecule is CC(=O)NCCOc1cccc(C)c1. The molecule has 1 N–H and O–H groups in total. The molecule has 0 atom stereocenters. The maximum atomic E-state index is 10.5. The van der Waals surface area contributed by atoms with Gasteiger partial charge in [-0.15, -0.1) is 0 Å². The van der Waals surface area contributed by atoms with Crippen LogP contribution in [0.5, 0.6) is 5.75 Å². The predicted octanol–water partition coefficient (Wildman–Crippen LogP) is 1.51. The van der Waals surface area contributed by atoms with E-state index in [2.05, 4.69) is 5.32 Å². The van der Waals surface area contributed by atoms with Crippen molar-refractivity contribution < 1.29 is 9.53 Å². The zero-order chi connectivity index (χ0) is 10.4. The summed E-state index contributed by atoms with van der Waals surface area (Å²) in [5, 5.41) is 2.67. The highest BCUT2D eigenvalue weighted by atomic mass is 16.5. The first-order chi connectivity index (χ1) is 6.68. The van der Waals surface area contributed by atoms with Crippen LogP contribution in [0.15, 0.2) is 24.3 Å². The first-order valence-corrected chi connectivity index (χ1v) is 4.62. The van der Waals surface area contributed by atoms with Gasteiger partial charge in [0.25, 0.3) is 0 Å². The molecule has 0 unspecified atom stereocenters. The van der Waals surface area contributed by atoms with Gasteiger partial charge in [-0.2, -0.15) is 0 Å². The first-order valence-electron chi connectivity index (χ1n) is 4.62. The van der Waals surface area contributed by atoms with Crippen LogP contribution in [0.2, 0.25) is 0 Å². The topological polar surface area (TPSA) is 38.3 Å². The average molecular weight is 193 g/mol. The molecule has 0 fully saturated rings. The second kappa shape index (κ2) is 5.27. The molecule has 3 heteroatoms. The molecular weight excluding hydrogens is 178 g/mol. The number of ether oxygens (including phenoxy) is 1. The van der Waals surface area contributed by atoms with Gasteiger partial charge in [-0.05, 0) is 24.6 Å². The largest absolute Gasteiger partial charge is 0.492 e. The number of hydrogen-bond acceptors (Lipinski definition) is 2. The van der Waals surface area contributed by atoms with Crippen molar-refractivity contribution in [1.82, 2.24) is 5.32 Å². The summed E-state index contributed by atoms with van der Waals surface area (Å²) in [5.74, 6) is 0.813. The standard InChI is InChI=1S/C11H15NO2/c1-9-4-3-5-11(8-9)14-7-6-12-10(2)13/h3-5,8H,6-7H2,1-2H3,(H,12,13). The van der Waals surface area contributed by atoms with Crippen molar-refractivity contribution in [3.05, 3.63) is 29.8 Å². The lowest BCUT2D eigenvalue weighted by Gasteiger charge is -2.06. The lowest BCUT2D eigenvalue weighted by molar-refractivity contribution is -0.119. The molecule has 0 bridgehead atoms. The number of rotatable bonds is 4. The first kappa shape index (κ1) is 10.6. The normalized spacial score (nSPS) is 9.57. The Morgan fingerprint density at radius 1 is 1.50 bits per heavy atom. The third kappa shape index (κ3) is 3.94. The third-order valence-corrected chi connectivity index (χ3v) is 1.73. The summed E-state index contributed by atoms with van der Waals surface area (Å²) in [6.07, 6.45) is 0. The summed E-state index contributed by atoms with van der Waals surface area (Å²) in [7, 11) is 0. The number of carbonyl (C=O) groups is 1. The van der Waals surface area contributed by atoms with Crippen molar-refractivity contribution in [2.75, 3.05) is 13.2 Å². The number of benzene rings is 1. The van der Waals surface area contributed by atoms with Gasteiger partial charge in [-0.3, -0.25) is 4.79 Å². The van der Waals surface area contributed by atoms with E-state index >= 15 is 0 Å². The summed E-state index contributed by atoms with van der Waals surface area (Å²) >= 11 is 0. The highest BCUT2D eigenvalue weighted by Gasteiger charge is 1.94. The summed E-state index contributed by atoms with van der Waals surface area (Å²) in [6.45, 7) is 4.56. The van der Waals surface area contributed by atoms with Gasteiger partial charge in [0.15, 0.2) is 0 Å². The molecule has 1 aromatic rings.